The van der Waals surface area contributed by atoms with Gasteiger partial charge in [0.2, 0.25) is 5.91 Å². The van der Waals surface area contributed by atoms with Crippen LogP contribution in [0.25, 0.3) is 0 Å². The molecule has 1 aromatic rings. The van der Waals surface area contributed by atoms with Gasteiger partial charge in [-0.1, -0.05) is 25.1 Å². The minimum atomic E-state index is -1.19. The van der Waals surface area contributed by atoms with Crippen molar-refractivity contribution >= 4 is 29.2 Å². The van der Waals surface area contributed by atoms with E-state index in [0.29, 0.717) is 12.1 Å². The molecule has 0 saturated carbocycles. The van der Waals surface area contributed by atoms with Crippen LogP contribution < -0.4 is 10.6 Å². The van der Waals surface area contributed by atoms with Crippen LogP contribution in [0.15, 0.2) is 60.3 Å². The molecule has 7 nitrogen and oxygen atoms in total. The van der Waals surface area contributed by atoms with Crippen LogP contribution in [-0.4, -0.2) is 23.6 Å². The Balaban J connectivity index is 1.92. The van der Waals surface area contributed by atoms with E-state index in [2.05, 4.69) is 10.6 Å². The lowest BCUT2D eigenvalue weighted by Gasteiger charge is -2.32. The number of anilines is 2. The Bertz CT molecular complexity index is 819. The molecule has 0 unspecified atom stereocenters. The fourth-order valence-electron chi connectivity index (χ4n) is 2.60. The first kappa shape index (κ1) is 21.0. The van der Waals surface area contributed by atoms with Crippen LogP contribution in [0.2, 0.25) is 0 Å². The van der Waals surface area contributed by atoms with Crippen molar-refractivity contribution in [3.8, 4) is 0 Å². The standard InChI is InChI=1S/C21H24N2O5/c1-4-12-21(3)27-19(25)18(20(26)28-21)11-6-5-7-13-22-16-9-8-10-17(14-16)23-15(2)24/h5-11,13-14,22H,4,12H2,1-3H3,(H,23,24)/b6-5+,13-7+,18-11?. The van der Waals surface area contributed by atoms with Crippen molar-refractivity contribution in [3.63, 3.8) is 0 Å². The van der Waals surface area contributed by atoms with Crippen molar-refractivity contribution < 1.29 is 23.9 Å². The summed E-state index contributed by atoms with van der Waals surface area (Å²) in [6, 6.07) is 7.24. The summed E-state index contributed by atoms with van der Waals surface area (Å²) in [5.41, 5.74) is 1.34. The molecule has 0 aliphatic carbocycles. The number of ether oxygens (including phenoxy) is 2. The maximum atomic E-state index is 12.0. The summed E-state index contributed by atoms with van der Waals surface area (Å²) >= 11 is 0. The SMILES string of the molecule is CCCC1(C)OC(=O)C(=C/C=C/C=C/Nc2cccc(NC(C)=O)c2)C(=O)O1. The Kier molecular flexibility index (Phi) is 7.14. The van der Waals surface area contributed by atoms with Gasteiger partial charge in [0.15, 0.2) is 0 Å². The minimum absolute atomic E-state index is 0.140. The highest BCUT2D eigenvalue weighted by Crippen LogP contribution is 2.27. The number of hydrogen-bond acceptors (Lipinski definition) is 6. The number of hydrogen-bond donors (Lipinski definition) is 2. The highest BCUT2D eigenvalue weighted by atomic mass is 16.7. The number of carbonyl (C=O) groups is 3. The highest BCUT2D eigenvalue weighted by Gasteiger charge is 2.41. The molecule has 0 aromatic heterocycles. The van der Waals surface area contributed by atoms with Crippen molar-refractivity contribution in [2.75, 3.05) is 10.6 Å². The van der Waals surface area contributed by atoms with Gasteiger partial charge in [0.05, 0.1) is 0 Å². The van der Waals surface area contributed by atoms with Crippen molar-refractivity contribution in [1.29, 1.82) is 0 Å². The topological polar surface area (TPSA) is 93.7 Å². The van der Waals surface area contributed by atoms with Crippen LogP contribution in [0.5, 0.6) is 0 Å². The second-order valence-corrected chi connectivity index (χ2v) is 6.39. The van der Waals surface area contributed by atoms with E-state index < -0.39 is 17.7 Å². The van der Waals surface area contributed by atoms with Crippen LogP contribution in [0.4, 0.5) is 11.4 Å². The molecule has 148 valence electrons. The summed E-state index contributed by atoms with van der Waals surface area (Å²) in [6.07, 6.45) is 9.11. The van der Waals surface area contributed by atoms with E-state index in [4.69, 9.17) is 9.47 Å². The molecule has 0 bridgehead atoms. The summed E-state index contributed by atoms with van der Waals surface area (Å²) in [4.78, 5) is 35.1. The third-order valence-corrected chi connectivity index (χ3v) is 3.78. The van der Waals surface area contributed by atoms with E-state index in [1.165, 1.54) is 13.0 Å². The molecule has 7 heteroatoms. The smallest absolute Gasteiger partial charge is 0.348 e. The average Bonchev–Trinajstić information content (AvgIpc) is 2.59. The Morgan fingerprint density at radius 2 is 1.79 bits per heavy atom. The number of amides is 1. The minimum Gasteiger partial charge on any atom is -0.419 e. The molecule has 0 atom stereocenters. The quantitative estimate of drug-likeness (QED) is 0.322. The van der Waals surface area contributed by atoms with Crippen LogP contribution in [0, 0.1) is 0 Å². The molecule has 28 heavy (non-hydrogen) atoms. The molecule has 2 rings (SSSR count). The maximum Gasteiger partial charge on any atom is 0.348 e. The van der Waals surface area contributed by atoms with Crippen molar-refractivity contribution in [1.82, 2.24) is 0 Å². The molecule has 1 fully saturated rings. The predicted octanol–water partition coefficient (Wildman–Crippen LogP) is 3.67. The molecule has 0 spiro atoms. The van der Waals surface area contributed by atoms with E-state index in [-0.39, 0.29) is 11.5 Å². The number of cyclic esters (lactones) is 2. The monoisotopic (exact) mass is 384 g/mol. The number of nitrogens with one attached hydrogen (secondary N) is 2. The molecule has 1 aliphatic heterocycles. The molecule has 0 radical (unpaired) electrons. The highest BCUT2D eigenvalue weighted by molar-refractivity contribution is 6.15. The zero-order chi connectivity index (χ0) is 20.6. The van der Waals surface area contributed by atoms with Crippen LogP contribution in [0.3, 0.4) is 0 Å². The van der Waals surface area contributed by atoms with E-state index in [1.807, 2.05) is 19.1 Å². The fourth-order valence-corrected chi connectivity index (χ4v) is 2.60. The number of rotatable bonds is 7. The molecule has 2 N–H and O–H groups in total. The summed E-state index contributed by atoms with van der Waals surface area (Å²) in [5, 5.41) is 5.75. The van der Waals surface area contributed by atoms with Gasteiger partial charge >= 0.3 is 11.9 Å². The maximum absolute atomic E-state index is 12.0. The fraction of sp³-hybridized carbons (Fsp3) is 0.286. The van der Waals surface area contributed by atoms with E-state index >= 15 is 0 Å². The van der Waals surface area contributed by atoms with Crippen LogP contribution in [-0.2, 0) is 23.9 Å². The summed E-state index contributed by atoms with van der Waals surface area (Å²) in [7, 11) is 0. The molecular formula is C21H24N2O5. The molecule has 1 amide bonds. The molecule has 1 aliphatic rings. The van der Waals surface area contributed by atoms with E-state index in [0.717, 1.165) is 12.1 Å². The summed E-state index contributed by atoms with van der Waals surface area (Å²) in [6.45, 7) is 4.94. The van der Waals surface area contributed by atoms with E-state index in [1.54, 1.807) is 43.5 Å². The van der Waals surface area contributed by atoms with Crippen LogP contribution >= 0.6 is 0 Å². The Morgan fingerprint density at radius 3 is 2.43 bits per heavy atom. The molecular weight excluding hydrogens is 360 g/mol. The number of benzene rings is 1. The second-order valence-electron chi connectivity index (χ2n) is 6.39. The normalized spacial score (nSPS) is 19.5. The van der Waals surface area contributed by atoms with Crippen molar-refractivity contribution in [3.05, 3.63) is 60.3 Å². The zero-order valence-electron chi connectivity index (χ0n) is 16.2. The van der Waals surface area contributed by atoms with Gasteiger partial charge in [-0.2, -0.15) is 0 Å². The number of allylic oxidation sites excluding steroid dienone is 4. The number of esters is 2. The number of carbonyl (C=O) groups excluding carboxylic acids is 3. The zero-order valence-corrected chi connectivity index (χ0v) is 16.2. The lowest BCUT2D eigenvalue weighted by atomic mass is 10.1. The van der Waals surface area contributed by atoms with Gasteiger partial charge in [-0.25, -0.2) is 9.59 Å². The first-order valence-electron chi connectivity index (χ1n) is 8.97. The third kappa shape index (κ3) is 6.12. The van der Waals surface area contributed by atoms with Crippen molar-refractivity contribution in [2.24, 2.45) is 0 Å². The predicted molar refractivity (Wildman–Crippen MR) is 106 cm³/mol. The van der Waals surface area contributed by atoms with Gasteiger partial charge in [-0.15, -0.1) is 0 Å². The van der Waals surface area contributed by atoms with Crippen molar-refractivity contribution in [2.45, 2.75) is 39.4 Å². The summed E-state index contributed by atoms with van der Waals surface area (Å²) in [5.74, 6) is -2.71. The first-order chi connectivity index (χ1) is 13.3. The van der Waals surface area contributed by atoms with Crippen LogP contribution in [0.1, 0.15) is 33.6 Å². The van der Waals surface area contributed by atoms with Gasteiger partial charge in [0.1, 0.15) is 5.57 Å². The van der Waals surface area contributed by atoms with Gasteiger partial charge in [-0.05, 0) is 36.8 Å². The Morgan fingerprint density at radius 1 is 1.11 bits per heavy atom. The van der Waals surface area contributed by atoms with E-state index in [9.17, 15) is 14.4 Å². The average molecular weight is 384 g/mol. The van der Waals surface area contributed by atoms with Gasteiger partial charge < -0.3 is 20.1 Å². The lowest BCUT2D eigenvalue weighted by molar-refractivity contribution is -0.230. The largest absolute Gasteiger partial charge is 0.419 e. The first-order valence-corrected chi connectivity index (χ1v) is 8.97. The Labute approximate surface area is 164 Å². The molecule has 1 aromatic carbocycles. The molecule has 1 saturated heterocycles. The molecule has 1 heterocycles. The van der Waals surface area contributed by atoms with Gasteiger partial charge in [-0.3, -0.25) is 4.79 Å². The van der Waals surface area contributed by atoms with Gasteiger partial charge in [0, 0.05) is 37.8 Å². The lowest BCUT2D eigenvalue weighted by Crippen LogP contribution is -2.44. The summed E-state index contributed by atoms with van der Waals surface area (Å²) < 4.78 is 10.5. The Hall–Kier alpha value is -3.35. The third-order valence-electron chi connectivity index (χ3n) is 3.78. The van der Waals surface area contributed by atoms with Gasteiger partial charge in [0.25, 0.3) is 5.79 Å². The second kappa shape index (κ2) is 9.55.